The van der Waals surface area contributed by atoms with Crippen molar-refractivity contribution in [1.29, 1.82) is 0 Å². The molecule has 4 aromatic carbocycles. The summed E-state index contributed by atoms with van der Waals surface area (Å²) >= 11 is 0. The van der Waals surface area contributed by atoms with Crippen molar-refractivity contribution in [2.24, 2.45) is 4.99 Å². The van der Waals surface area contributed by atoms with Crippen LogP contribution >= 0.6 is 0 Å². The molecule has 5 rings (SSSR count). The first-order valence-corrected chi connectivity index (χ1v) is 17.8. The molecule has 17 heteroatoms. The molecule has 0 radical (unpaired) electrons. The largest absolute Gasteiger partial charge is 1.00 e. The van der Waals surface area contributed by atoms with E-state index >= 15 is 0 Å². The smallest absolute Gasteiger partial charge is 0.744 e. The Bertz CT molecular complexity index is 2340. The molecule has 0 saturated heterocycles. The first-order chi connectivity index (χ1) is 22.0. The average molecular weight is 738 g/mol. The van der Waals surface area contributed by atoms with Gasteiger partial charge in [-0.05, 0) is 114 Å². The van der Waals surface area contributed by atoms with Gasteiger partial charge in [0.15, 0.2) is 0 Å². The molecule has 49 heavy (non-hydrogen) atoms. The van der Waals surface area contributed by atoms with Crippen LogP contribution in [0.5, 0.6) is 0 Å². The quantitative estimate of drug-likeness (QED) is 0.114. The number of allylic oxidation sites excluding steroid dienone is 5. The van der Waals surface area contributed by atoms with Crippen molar-refractivity contribution in [3.8, 4) is 0 Å². The molecular weight excluding hydrogens is 713 g/mol. The van der Waals surface area contributed by atoms with Crippen LogP contribution in [0.3, 0.4) is 0 Å². The van der Waals surface area contributed by atoms with Gasteiger partial charge in [-0.2, -0.15) is 8.42 Å². The number of hydrogen-bond donors (Lipinski definition) is 3. The zero-order valence-electron chi connectivity index (χ0n) is 26.4. The van der Waals surface area contributed by atoms with E-state index in [0.717, 1.165) is 40.0 Å². The van der Waals surface area contributed by atoms with Crippen LogP contribution in [0.15, 0.2) is 134 Å². The van der Waals surface area contributed by atoms with Gasteiger partial charge >= 0.3 is 59.1 Å². The molecule has 0 bridgehead atoms. The SMILES string of the molecule is Cc1cc(C(=C2C=CC(=Nc3ccc(S(=O)(=O)[O-])cc3S(=O)(=O)O)C=C2)c2ccc(Nc3ccc(S(=O)(=O)[O-])cc3)cc2)ccc1N.[Na+].[Na+]. The molecule has 0 amide bonds. The number of anilines is 3. The molecular formula is C32H25N3Na2O9S3. The normalized spacial score (nSPS) is 12.9. The zero-order valence-corrected chi connectivity index (χ0v) is 32.8. The third-order valence-electron chi connectivity index (χ3n) is 7.07. The first kappa shape index (κ1) is 40.5. The number of hydrogen-bond acceptors (Lipinski definition) is 11. The summed E-state index contributed by atoms with van der Waals surface area (Å²) < 4.78 is 101. The van der Waals surface area contributed by atoms with E-state index in [-0.39, 0.29) is 75.4 Å². The fourth-order valence-corrected chi connectivity index (χ4v) is 6.41. The maximum absolute atomic E-state index is 12.0. The molecule has 1 aliphatic carbocycles. The number of aryl methyl sites for hydroxylation is 1. The summed E-state index contributed by atoms with van der Waals surface area (Å²) in [5.74, 6) is 0. The van der Waals surface area contributed by atoms with Crippen molar-refractivity contribution < 1.29 is 98.0 Å². The van der Waals surface area contributed by atoms with Gasteiger partial charge in [0.05, 0.1) is 21.2 Å². The molecule has 1 aliphatic rings. The number of aliphatic imine (C=N–C) groups is 1. The Balaban J connectivity index is 0.00000325. The first-order valence-electron chi connectivity index (χ1n) is 13.6. The van der Waals surface area contributed by atoms with E-state index in [1.807, 2.05) is 43.3 Å². The molecule has 0 spiro atoms. The van der Waals surface area contributed by atoms with Gasteiger partial charge in [0.25, 0.3) is 10.1 Å². The molecule has 0 saturated carbocycles. The summed E-state index contributed by atoms with van der Waals surface area (Å²) in [5.41, 5.74) is 12.1. The van der Waals surface area contributed by atoms with Crippen molar-refractivity contribution >= 4 is 64.4 Å². The Morgan fingerprint density at radius 1 is 0.694 bits per heavy atom. The molecule has 0 heterocycles. The fourth-order valence-electron chi connectivity index (χ4n) is 4.71. The second-order valence-electron chi connectivity index (χ2n) is 10.3. The van der Waals surface area contributed by atoms with Gasteiger partial charge in [-0.15, -0.1) is 0 Å². The summed E-state index contributed by atoms with van der Waals surface area (Å²) in [4.78, 5) is 2.26. The van der Waals surface area contributed by atoms with Gasteiger partial charge in [0.2, 0.25) is 0 Å². The van der Waals surface area contributed by atoms with Crippen LogP contribution in [-0.4, -0.2) is 44.6 Å². The van der Waals surface area contributed by atoms with Gasteiger partial charge in [-0.3, -0.25) is 4.55 Å². The Kier molecular flexibility index (Phi) is 13.2. The van der Waals surface area contributed by atoms with Crippen molar-refractivity contribution in [1.82, 2.24) is 0 Å². The monoisotopic (exact) mass is 737 g/mol. The van der Waals surface area contributed by atoms with E-state index in [4.69, 9.17) is 5.73 Å². The predicted molar refractivity (Wildman–Crippen MR) is 175 cm³/mol. The average Bonchev–Trinajstić information content (AvgIpc) is 3.00. The molecule has 0 aromatic heterocycles. The van der Waals surface area contributed by atoms with Crippen molar-refractivity contribution in [2.45, 2.75) is 21.6 Å². The van der Waals surface area contributed by atoms with E-state index in [1.165, 1.54) is 24.3 Å². The third kappa shape index (κ3) is 10.1. The van der Waals surface area contributed by atoms with Crippen LogP contribution in [-0.2, 0) is 30.4 Å². The van der Waals surface area contributed by atoms with Gasteiger partial charge in [0, 0.05) is 17.1 Å². The Morgan fingerprint density at radius 2 is 1.20 bits per heavy atom. The zero-order chi connectivity index (χ0) is 34.1. The van der Waals surface area contributed by atoms with E-state index in [9.17, 15) is 38.9 Å². The van der Waals surface area contributed by atoms with Gasteiger partial charge < -0.3 is 20.2 Å². The standard InChI is InChI=1S/C32H27N3O9S3.2Na/c1-20-18-23(6-16-29(20)33)32(21-2-7-24(8-3-21)34-25-11-13-27(14-12-25)45(36,37)38)22-4-9-26(10-5-22)35-30-17-15-28(46(39,40)41)19-31(30)47(42,43)44;;/h2-19,34H,33H2,1H3,(H,36,37,38)(H,39,40,41)(H,42,43,44);;/q;2*+1/p-2. The number of nitrogens with one attached hydrogen (secondary N) is 1. The minimum atomic E-state index is -4.99. The number of nitrogens with zero attached hydrogens (tertiary/aromatic N) is 1. The molecule has 0 fully saturated rings. The van der Waals surface area contributed by atoms with Crippen LogP contribution < -0.4 is 70.2 Å². The molecule has 4 N–H and O–H groups in total. The predicted octanol–water partition coefficient (Wildman–Crippen LogP) is -0.916. The van der Waals surface area contributed by atoms with Crippen molar-refractivity contribution in [3.05, 3.63) is 131 Å². The van der Waals surface area contributed by atoms with E-state index in [0.29, 0.717) is 23.1 Å². The second kappa shape index (κ2) is 16.0. The van der Waals surface area contributed by atoms with Crippen LogP contribution in [0.2, 0.25) is 0 Å². The Labute approximate surface area is 328 Å². The molecule has 4 aromatic rings. The van der Waals surface area contributed by atoms with Gasteiger partial charge in [0.1, 0.15) is 25.1 Å². The molecule has 0 unspecified atom stereocenters. The van der Waals surface area contributed by atoms with Crippen LogP contribution in [0.1, 0.15) is 16.7 Å². The summed E-state index contributed by atoms with van der Waals surface area (Å²) in [5, 5.41) is 3.16. The van der Waals surface area contributed by atoms with Gasteiger partial charge in [-0.25, -0.2) is 21.8 Å². The number of rotatable bonds is 8. The topological polar surface area (TPSA) is 219 Å². The number of nitrogens with two attached hydrogens (primary N) is 1. The van der Waals surface area contributed by atoms with E-state index < -0.39 is 40.1 Å². The number of benzene rings is 4. The third-order valence-corrected chi connectivity index (χ3v) is 9.63. The summed E-state index contributed by atoms with van der Waals surface area (Å²) in [6.07, 6.45) is 6.71. The van der Waals surface area contributed by atoms with Gasteiger partial charge in [-0.1, -0.05) is 30.4 Å². The minimum Gasteiger partial charge on any atom is -0.744 e. The van der Waals surface area contributed by atoms with E-state index in [2.05, 4.69) is 10.3 Å². The maximum atomic E-state index is 12.0. The Hall–Kier alpha value is -2.90. The summed E-state index contributed by atoms with van der Waals surface area (Å²) in [6.45, 7) is 1.88. The minimum absolute atomic E-state index is 0. The van der Waals surface area contributed by atoms with Crippen molar-refractivity contribution in [2.75, 3.05) is 11.1 Å². The molecule has 0 atom stereocenters. The van der Waals surface area contributed by atoms with Crippen LogP contribution in [0.4, 0.5) is 22.7 Å². The summed E-state index contributed by atoms with van der Waals surface area (Å²) in [6, 6.07) is 20.9. The molecule has 12 nitrogen and oxygen atoms in total. The number of nitrogen functional groups attached to an aromatic ring is 1. The molecule has 242 valence electrons. The fraction of sp³-hybridized carbons (Fsp3) is 0.0312. The Morgan fingerprint density at radius 3 is 1.71 bits per heavy atom. The maximum Gasteiger partial charge on any atom is 1.00 e. The van der Waals surface area contributed by atoms with Crippen LogP contribution in [0, 0.1) is 6.92 Å². The van der Waals surface area contributed by atoms with E-state index in [1.54, 1.807) is 30.4 Å². The van der Waals surface area contributed by atoms with Crippen molar-refractivity contribution in [3.63, 3.8) is 0 Å². The summed E-state index contributed by atoms with van der Waals surface area (Å²) in [7, 11) is -14.5. The van der Waals surface area contributed by atoms with Crippen LogP contribution in [0.25, 0.3) is 5.57 Å². The second-order valence-corrected chi connectivity index (χ2v) is 14.5. The molecule has 0 aliphatic heterocycles.